The summed E-state index contributed by atoms with van der Waals surface area (Å²) in [5, 5.41) is 9.35. The lowest BCUT2D eigenvalue weighted by atomic mass is 10.2. The molecule has 2 rings (SSSR count). The molecule has 1 heterocycles. The molecule has 2 aromatic rings. The molecular formula is C13H13ClN6S. The maximum atomic E-state index is 8.81. The largest absolute Gasteiger partial charge is 0.368 e. The van der Waals surface area contributed by atoms with E-state index in [0.29, 0.717) is 28.1 Å². The molecule has 0 radical (unpaired) electrons. The van der Waals surface area contributed by atoms with Gasteiger partial charge in [-0.15, -0.1) is 11.8 Å². The van der Waals surface area contributed by atoms with E-state index < -0.39 is 0 Å². The first-order valence-corrected chi connectivity index (χ1v) is 7.36. The fourth-order valence-electron chi connectivity index (χ4n) is 1.52. The van der Waals surface area contributed by atoms with Gasteiger partial charge in [0.25, 0.3) is 0 Å². The number of benzene rings is 1. The minimum Gasteiger partial charge on any atom is -0.368 e. The molecule has 0 unspecified atom stereocenters. The van der Waals surface area contributed by atoms with Crippen molar-refractivity contribution < 1.29 is 0 Å². The number of aromatic nitrogens is 3. The molecule has 0 bridgehead atoms. The highest BCUT2D eigenvalue weighted by atomic mass is 35.5. The van der Waals surface area contributed by atoms with Crippen LogP contribution in [0.15, 0.2) is 23.1 Å². The van der Waals surface area contributed by atoms with Crippen LogP contribution < -0.4 is 10.6 Å². The third-order valence-electron chi connectivity index (χ3n) is 2.50. The highest BCUT2D eigenvalue weighted by molar-refractivity contribution is 7.98. The predicted molar refractivity (Wildman–Crippen MR) is 84.3 cm³/mol. The fraction of sp³-hybridized carbons (Fsp3) is 0.231. The van der Waals surface area contributed by atoms with Crippen LogP contribution in [0.3, 0.4) is 0 Å². The topological polar surface area (TPSA) is 91.7 Å². The molecule has 6 nitrogen and oxygen atoms in total. The first-order chi connectivity index (χ1) is 9.99. The molecule has 0 saturated heterocycles. The van der Waals surface area contributed by atoms with Gasteiger partial charge in [-0.1, -0.05) is 11.6 Å². The van der Waals surface area contributed by atoms with Crippen LogP contribution >= 0.6 is 23.4 Å². The molecule has 1 aromatic heterocycles. The van der Waals surface area contributed by atoms with E-state index in [0.717, 1.165) is 4.90 Å². The van der Waals surface area contributed by atoms with Gasteiger partial charge in [0.2, 0.25) is 11.9 Å². The smallest absolute Gasteiger partial charge is 0.229 e. The average Bonchev–Trinajstić information content (AvgIpc) is 2.45. The van der Waals surface area contributed by atoms with Gasteiger partial charge >= 0.3 is 0 Å². The average molecular weight is 321 g/mol. The molecule has 21 heavy (non-hydrogen) atoms. The van der Waals surface area contributed by atoms with Crippen molar-refractivity contribution in [1.82, 2.24) is 15.0 Å². The zero-order valence-electron chi connectivity index (χ0n) is 11.5. The Balaban J connectivity index is 2.15. The first kappa shape index (κ1) is 15.4. The lowest BCUT2D eigenvalue weighted by molar-refractivity contribution is 0.919. The summed E-state index contributed by atoms with van der Waals surface area (Å²) in [6.45, 7) is 0. The second-order valence-electron chi connectivity index (χ2n) is 4.35. The Kier molecular flexibility index (Phi) is 4.83. The fourth-order valence-corrected chi connectivity index (χ4v) is 2.64. The molecule has 2 N–H and O–H groups in total. The van der Waals surface area contributed by atoms with Crippen LogP contribution in [0.1, 0.15) is 11.4 Å². The molecule has 8 heteroatoms. The molecule has 0 aliphatic carbocycles. The standard InChI is InChI=1S/C13H13ClN6S/c1-20(2)13-18-11(17-12(16)19-13)7-21-10-4-3-8(6-15)5-9(10)14/h3-5H,7H2,1-2H3,(H2,16,17,18,19). The summed E-state index contributed by atoms with van der Waals surface area (Å²) in [5.74, 6) is 1.80. The van der Waals surface area contributed by atoms with E-state index in [1.807, 2.05) is 26.2 Å². The van der Waals surface area contributed by atoms with E-state index in [1.165, 1.54) is 11.8 Å². The summed E-state index contributed by atoms with van der Waals surface area (Å²) >= 11 is 7.61. The van der Waals surface area contributed by atoms with Crippen molar-refractivity contribution in [3.63, 3.8) is 0 Å². The van der Waals surface area contributed by atoms with Crippen LogP contribution in [-0.4, -0.2) is 29.0 Å². The maximum Gasteiger partial charge on any atom is 0.229 e. The Labute approximate surface area is 132 Å². The number of nitriles is 1. The second-order valence-corrected chi connectivity index (χ2v) is 5.77. The van der Waals surface area contributed by atoms with Crippen LogP contribution in [0, 0.1) is 11.3 Å². The molecule has 0 saturated carbocycles. The Hall–Kier alpha value is -2.04. The van der Waals surface area contributed by atoms with Gasteiger partial charge in [0.1, 0.15) is 5.82 Å². The third-order valence-corrected chi connectivity index (χ3v) is 4.00. The molecule has 0 atom stereocenters. The summed E-state index contributed by atoms with van der Waals surface area (Å²) < 4.78 is 0. The maximum absolute atomic E-state index is 8.81. The SMILES string of the molecule is CN(C)c1nc(N)nc(CSc2ccc(C#N)cc2Cl)n1. The molecule has 0 aliphatic heterocycles. The molecule has 0 spiro atoms. The van der Waals surface area contributed by atoms with E-state index in [-0.39, 0.29) is 5.95 Å². The second kappa shape index (κ2) is 6.61. The number of hydrogen-bond acceptors (Lipinski definition) is 7. The molecular weight excluding hydrogens is 308 g/mol. The van der Waals surface area contributed by atoms with Crippen LogP contribution in [-0.2, 0) is 5.75 Å². The Morgan fingerprint density at radius 1 is 1.33 bits per heavy atom. The Morgan fingerprint density at radius 3 is 2.71 bits per heavy atom. The molecule has 0 aliphatic rings. The van der Waals surface area contributed by atoms with Crippen molar-refractivity contribution in [2.24, 2.45) is 0 Å². The van der Waals surface area contributed by atoms with Crippen molar-refractivity contribution >= 4 is 35.3 Å². The minimum absolute atomic E-state index is 0.190. The van der Waals surface area contributed by atoms with E-state index in [2.05, 4.69) is 15.0 Å². The normalized spacial score (nSPS) is 10.2. The van der Waals surface area contributed by atoms with Gasteiger partial charge in [-0.25, -0.2) is 0 Å². The van der Waals surface area contributed by atoms with Crippen LogP contribution in [0.4, 0.5) is 11.9 Å². The number of rotatable bonds is 4. The molecule has 108 valence electrons. The van der Waals surface area contributed by atoms with Crippen molar-refractivity contribution in [2.45, 2.75) is 10.6 Å². The van der Waals surface area contributed by atoms with Gasteiger partial charge in [-0.05, 0) is 18.2 Å². The van der Waals surface area contributed by atoms with Crippen molar-refractivity contribution in [3.8, 4) is 6.07 Å². The van der Waals surface area contributed by atoms with E-state index in [4.69, 9.17) is 22.6 Å². The highest BCUT2D eigenvalue weighted by Crippen LogP contribution is 2.30. The van der Waals surface area contributed by atoms with E-state index in [9.17, 15) is 0 Å². The van der Waals surface area contributed by atoms with Crippen LogP contribution in [0.25, 0.3) is 0 Å². The molecule has 0 amide bonds. The zero-order chi connectivity index (χ0) is 15.4. The zero-order valence-corrected chi connectivity index (χ0v) is 13.1. The van der Waals surface area contributed by atoms with Gasteiger partial charge in [0.05, 0.1) is 22.4 Å². The summed E-state index contributed by atoms with van der Waals surface area (Å²) in [6, 6.07) is 7.22. The summed E-state index contributed by atoms with van der Waals surface area (Å²) in [6.07, 6.45) is 0. The Morgan fingerprint density at radius 2 is 2.10 bits per heavy atom. The summed E-state index contributed by atoms with van der Waals surface area (Å²) in [4.78, 5) is 15.1. The number of nitrogens with zero attached hydrogens (tertiary/aromatic N) is 5. The molecule has 0 fully saturated rings. The van der Waals surface area contributed by atoms with Crippen LogP contribution in [0.5, 0.6) is 0 Å². The van der Waals surface area contributed by atoms with Crippen molar-refractivity contribution in [1.29, 1.82) is 5.26 Å². The van der Waals surface area contributed by atoms with Gasteiger partial charge in [-0.3, -0.25) is 0 Å². The van der Waals surface area contributed by atoms with Gasteiger partial charge in [0.15, 0.2) is 0 Å². The van der Waals surface area contributed by atoms with Crippen LogP contribution in [0.2, 0.25) is 5.02 Å². The number of nitrogens with two attached hydrogens (primary N) is 1. The quantitative estimate of drug-likeness (QED) is 0.864. The predicted octanol–water partition coefficient (Wildman–Crippen LogP) is 2.34. The van der Waals surface area contributed by atoms with Gasteiger partial charge in [0, 0.05) is 19.0 Å². The number of anilines is 2. The lowest BCUT2D eigenvalue weighted by Gasteiger charge is -2.11. The summed E-state index contributed by atoms with van der Waals surface area (Å²) in [5.41, 5.74) is 6.20. The third kappa shape index (κ3) is 3.97. The van der Waals surface area contributed by atoms with Gasteiger partial charge in [-0.2, -0.15) is 20.2 Å². The number of halogens is 1. The summed E-state index contributed by atoms with van der Waals surface area (Å²) in [7, 11) is 3.67. The van der Waals surface area contributed by atoms with E-state index >= 15 is 0 Å². The van der Waals surface area contributed by atoms with Crippen molar-refractivity contribution in [3.05, 3.63) is 34.6 Å². The van der Waals surface area contributed by atoms with Crippen molar-refractivity contribution in [2.75, 3.05) is 24.7 Å². The number of nitrogen functional groups attached to an aromatic ring is 1. The highest BCUT2D eigenvalue weighted by Gasteiger charge is 2.08. The van der Waals surface area contributed by atoms with Gasteiger partial charge < -0.3 is 10.6 Å². The first-order valence-electron chi connectivity index (χ1n) is 6.00. The lowest BCUT2D eigenvalue weighted by Crippen LogP contribution is -2.15. The van der Waals surface area contributed by atoms with E-state index in [1.54, 1.807) is 17.0 Å². The monoisotopic (exact) mass is 320 g/mol. The Bertz CT molecular complexity index is 698. The number of thioether (sulfide) groups is 1. The molecule has 1 aromatic carbocycles. The number of hydrogen-bond donors (Lipinski definition) is 1. The minimum atomic E-state index is 0.190.